The van der Waals surface area contributed by atoms with E-state index in [1.807, 2.05) is 13.8 Å². The molecule has 1 N–H and O–H groups in total. The molecule has 0 amide bonds. The zero-order chi connectivity index (χ0) is 21.3. The number of halogens is 1. The Labute approximate surface area is 179 Å². The average Bonchev–Trinajstić information content (AvgIpc) is 3.18. The topological polar surface area (TPSA) is 90.7 Å². The van der Waals surface area contributed by atoms with Crippen molar-refractivity contribution in [2.75, 3.05) is 18.5 Å². The molecule has 0 bridgehead atoms. The molecular weight excluding hydrogens is 428 g/mol. The van der Waals surface area contributed by atoms with Crippen molar-refractivity contribution in [2.45, 2.75) is 36.2 Å². The Bertz CT molecular complexity index is 1180. The van der Waals surface area contributed by atoms with E-state index in [9.17, 15) is 8.42 Å². The molecular formula is C21H21ClN2O5S. The first-order valence-electron chi connectivity index (χ1n) is 9.56. The van der Waals surface area contributed by atoms with Crippen LogP contribution in [0.4, 0.5) is 5.88 Å². The number of nitrogens with one attached hydrogen (secondary N) is 1. The number of sulfone groups is 1. The second-order valence-corrected chi connectivity index (χ2v) is 9.23. The number of nitrogens with zero attached hydrogens (tertiary/aromatic N) is 1. The van der Waals surface area contributed by atoms with Crippen LogP contribution < -0.4 is 14.8 Å². The third-order valence-corrected chi connectivity index (χ3v) is 6.63. The Balaban J connectivity index is 1.81. The first-order chi connectivity index (χ1) is 14.4. The third-order valence-electron chi connectivity index (χ3n) is 4.74. The van der Waals surface area contributed by atoms with Gasteiger partial charge in [-0.3, -0.25) is 0 Å². The number of hydrogen-bond donors (Lipinski definition) is 1. The quantitative estimate of drug-likeness (QED) is 0.578. The SMILES string of the molecule is CCC(C)Nc1oc(-c2cccc(Cl)c2)nc1S(=O)(=O)c1ccc2c(c1)OCCO2. The predicted octanol–water partition coefficient (Wildman–Crippen LogP) is 4.81. The number of ether oxygens (including phenoxy) is 2. The maximum atomic E-state index is 13.4. The van der Waals surface area contributed by atoms with Gasteiger partial charge in [-0.2, -0.15) is 4.98 Å². The van der Waals surface area contributed by atoms with Crippen molar-refractivity contribution < 1.29 is 22.3 Å². The maximum Gasteiger partial charge on any atom is 0.234 e. The Hall–Kier alpha value is -2.71. The highest BCUT2D eigenvalue weighted by Gasteiger charge is 2.30. The van der Waals surface area contributed by atoms with Gasteiger partial charge in [0.15, 0.2) is 11.5 Å². The molecule has 7 nitrogen and oxygen atoms in total. The Morgan fingerprint density at radius 2 is 1.90 bits per heavy atom. The van der Waals surface area contributed by atoms with Gasteiger partial charge in [0.05, 0.1) is 4.90 Å². The molecule has 158 valence electrons. The van der Waals surface area contributed by atoms with Crippen molar-refractivity contribution in [1.29, 1.82) is 0 Å². The molecule has 0 fully saturated rings. The lowest BCUT2D eigenvalue weighted by atomic mass is 10.2. The van der Waals surface area contributed by atoms with E-state index in [4.69, 9.17) is 25.5 Å². The molecule has 9 heteroatoms. The van der Waals surface area contributed by atoms with Gasteiger partial charge in [0.2, 0.25) is 26.6 Å². The molecule has 3 aromatic rings. The van der Waals surface area contributed by atoms with E-state index in [-0.39, 0.29) is 27.7 Å². The van der Waals surface area contributed by atoms with E-state index in [1.54, 1.807) is 30.3 Å². The fraction of sp³-hybridized carbons (Fsp3) is 0.286. The molecule has 0 saturated heterocycles. The van der Waals surface area contributed by atoms with Gasteiger partial charge in [-0.05, 0) is 43.7 Å². The number of hydrogen-bond acceptors (Lipinski definition) is 7. The number of benzene rings is 2. The first-order valence-corrected chi connectivity index (χ1v) is 11.4. The Morgan fingerprint density at radius 1 is 1.13 bits per heavy atom. The Kier molecular flexibility index (Phi) is 5.62. The highest BCUT2D eigenvalue weighted by molar-refractivity contribution is 7.91. The lowest BCUT2D eigenvalue weighted by Gasteiger charge is -2.18. The van der Waals surface area contributed by atoms with Crippen LogP contribution in [0.5, 0.6) is 11.5 Å². The van der Waals surface area contributed by atoms with Crippen LogP contribution in [-0.2, 0) is 9.84 Å². The summed E-state index contributed by atoms with van der Waals surface area (Å²) in [6.45, 7) is 4.71. The van der Waals surface area contributed by atoms with Crippen LogP contribution in [0.3, 0.4) is 0 Å². The van der Waals surface area contributed by atoms with Crippen LogP contribution in [0.2, 0.25) is 5.02 Å². The van der Waals surface area contributed by atoms with E-state index in [1.165, 1.54) is 12.1 Å². The molecule has 0 radical (unpaired) electrons. The van der Waals surface area contributed by atoms with Crippen molar-refractivity contribution in [3.05, 3.63) is 47.5 Å². The van der Waals surface area contributed by atoms with Crippen LogP contribution in [-0.4, -0.2) is 32.7 Å². The summed E-state index contributed by atoms with van der Waals surface area (Å²) >= 11 is 6.07. The normalized spacial score (nSPS) is 14.4. The third kappa shape index (κ3) is 3.97. The van der Waals surface area contributed by atoms with Crippen LogP contribution in [0.25, 0.3) is 11.5 Å². The minimum atomic E-state index is -3.99. The number of oxazole rings is 1. The van der Waals surface area contributed by atoms with Gasteiger partial charge in [0, 0.05) is 22.7 Å². The van der Waals surface area contributed by atoms with E-state index >= 15 is 0 Å². The smallest absolute Gasteiger partial charge is 0.234 e. The highest BCUT2D eigenvalue weighted by Crippen LogP contribution is 2.37. The van der Waals surface area contributed by atoms with Gasteiger partial charge >= 0.3 is 0 Å². The van der Waals surface area contributed by atoms with Crippen molar-refractivity contribution in [3.63, 3.8) is 0 Å². The summed E-state index contributed by atoms with van der Waals surface area (Å²) < 4.78 is 43.7. The highest BCUT2D eigenvalue weighted by atomic mass is 35.5. The standard InChI is InChI=1S/C21H21ClN2O5S/c1-3-13(2)23-20-21(24-19(29-20)14-5-4-6-15(22)11-14)30(25,26)16-7-8-17-18(12-16)28-10-9-27-17/h4-8,11-13,23H,3,9-10H2,1-2H3. The second kappa shape index (κ2) is 8.20. The van der Waals surface area contributed by atoms with Gasteiger partial charge < -0.3 is 19.2 Å². The lowest BCUT2D eigenvalue weighted by molar-refractivity contribution is 0.171. The first kappa shape index (κ1) is 20.6. The number of aromatic nitrogens is 1. The van der Waals surface area contributed by atoms with Crippen LogP contribution >= 0.6 is 11.6 Å². The fourth-order valence-corrected chi connectivity index (χ4v) is 4.42. The van der Waals surface area contributed by atoms with Gasteiger partial charge in [-0.1, -0.05) is 24.6 Å². The van der Waals surface area contributed by atoms with E-state index in [0.717, 1.165) is 6.42 Å². The van der Waals surface area contributed by atoms with Crippen LogP contribution in [0.15, 0.2) is 56.8 Å². The molecule has 1 atom stereocenters. The molecule has 1 aromatic heterocycles. The minimum absolute atomic E-state index is 0.0145. The largest absolute Gasteiger partial charge is 0.486 e. The summed E-state index contributed by atoms with van der Waals surface area (Å²) in [7, 11) is -3.99. The molecule has 1 aliphatic rings. The van der Waals surface area contributed by atoms with E-state index in [0.29, 0.717) is 35.3 Å². The summed E-state index contributed by atoms with van der Waals surface area (Å²) in [5, 5.41) is 3.42. The van der Waals surface area contributed by atoms with Crippen molar-refractivity contribution >= 4 is 27.3 Å². The summed E-state index contributed by atoms with van der Waals surface area (Å²) in [4.78, 5) is 4.37. The van der Waals surface area contributed by atoms with Crippen molar-refractivity contribution in [1.82, 2.24) is 4.98 Å². The van der Waals surface area contributed by atoms with Crippen LogP contribution in [0.1, 0.15) is 20.3 Å². The molecule has 0 saturated carbocycles. The lowest BCUT2D eigenvalue weighted by Crippen LogP contribution is -2.17. The number of fused-ring (bicyclic) bond motifs is 1. The predicted molar refractivity (Wildman–Crippen MR) is 113 cm³/mol. The molecule has 4 rings (SSSR count). The van der Waals surface area contributed by atoms with Gasteiger partial charge in [0.25, 0.3) is 0 Å². The Morgan fingerprint density at radius 3 is 2.63 bits per heavy atom. The molecule has 2 heterocycles. The zero-order valence-electron chi connectivity index (χ0n) is 16.5. The molecule has 1 aliphatic heterocycles. The van der Waals surface area contributed by atoms with Gasteiger partial charge in [-0.15, -0.1) is 0 Å². The molecule has 0 aliphatic carbocycles. The number of anilines is 1. The van der Waals surface area contributed by atoms with E-state index in [2.05, 4.69) is 10.3 Å². The van der Waals surface area contributed by atoms with Crippen LogP contribution in [0, 0.1) is 0 Å². The molecule has 30 heavy (non-hydrogen) atoms. The van der Waals surface area contributed by atoms with Gasteiger partial charge in [0.1, 0.15) is 13.2 Å². The summed E-state index contributed by atoms with van der Waals surface area (Å²) in [6, 6.07) is 11.4. The monoisotopic (exact) mass is 448 g/mol. The fourth-order valence-electron chi connectivity index (χ4n) is 2.95. The molecule has 1 unspecified atom stereocenters. The van der Waals surface area contributed by atoms with Crippen molar-refractivity contribution in [2.24, 2.45) is 0 Å². The summed E-state index contributed by atoms with van der Waals surface area (Å²) in [5.74, 6) is 1.16. The maximum absolute atomic E-state index is 13.4. The number of rotatable bonds is 6. The van der Waals surface area contributed by atoms with Gasteiger partial charge in [-0.25, -0.2) is 8.42 Å². The summed E-state index contributed by atoms with van der Waals surface area (Å²) in [5.41, 5.74) is 0.582. The molecule has 2 aromatic carbocycles. The summed E-state index contributed by atoms with van der Waals surface area (Å²) in [6.07, 6.45) is 0.775. The second-order valence-electron chi connectivity index (χ2n) is 6.93. The van der Waals surface area contributed by atoms with Crippen molar-refractivity contribution in [3.8, 4) is 23.0 Å². The minimum Gasteiger partial charge on any atom is -0.486 e. The molecule has 0 spiro atoms. The van der Waals surface area contributed by atoms with E-state index < -0.39 is 9.84 Å². The zero-order valence-corrected chi connectivity index (χ0v) is 18.1. The average molecular weight is 449 g/mol.